The molecule has 22 heavy (non-hydrogen) atoms. The fraction of sp³-hybridized carbons (Fsp3) is 0.611. The van der Waals surface area contributed by atoms with Gasteiger partial charge in [-0.15, -0.1) is 0 Å². The Balaban J connectivity index is 1.94. The highest BCUT2D eigenvalue weighted by Gasteiger charge is 2.19. The number of piperidine rings is 1. The summed E-state index contributed by atoms with van der Waals surface area (Å²) in [5.41, 5.74) is 2.00. The molecule has 2 rings (SSSR count). The van der Waals surface area contributed by atoms with E-state index < -0.39 is 6.10 Å². The Hall–Kier alpha value is -1.39. The molecule has 1 N–H and O–H groups in total. The molecule has 0 aliphatic carbocycles. The van der Waals surface area contributed by atoms with E-state index in [9.17, 15) is 9.90 Å². The van der Waals surface area contributed by atoms with Gasteiger partial charge in [0, 0.05) is 38.0 Å². The van der Waals surface area contributed by atoms with Gasteiger partial charge in [-0.25, -0.2) is 0 Å². The van der Waals surface area contributed by atoms with Crippen molar-refractivity contribution in [2.24, 2.45) is 0 Å². The van der Waals surface area contributed by atoms with Gasteiger partial charge in [0.2, 0.25) is 0 Å². The molecule has 1 aliphatic rings. The van der Waals surface area contributed by atoms with E-state index in [4.69, 9.17) is 4.74 Å². The van der Waals surface area contributed by atoms with Gasteiger partial charge < -0.3 is 14.7 Å². The van der Waals surface area contributed by atoms with Gasteiger partial charge in [-0.2, -0.15) is 0 Å². The van der Waals surface area contributed by atoms with Gasteiger partial charge in [0.25, 0.3) is 0 Å². The molecule has 1 aromatic rings. The van der Waals surface area contributed by atoms with Gasteiger partial charge >= 0.3 is 0 Å². The number of hydrogen-bond acceptors (Lipinski definition) is 4. The Morgan fingerprint density at radius 1 is 1.32 bits per heavy atom. The van der Waals surface area contributed by atoms with Crippen LogP contribution in [-0.4, -0.2) is 42.0 Å². The highest BCUT2D eigenvalue weighted by molar-refractivity contribution is 5.79. The fourth-order valence-corrected chi connectivity index (χ4v) is 2.76. The topological polar surface area (TPSA) is 49.8 Å². The molecule has 122 valence electrons. The number of nitrogens with zero attached hydrogens (tertiary/aromatic N) is 1. The van der Waals surface area contributed by atoms with E-state index in [0.29, 0.717) is 31.7 Å². The first-order chi connectivity index (χ1) is 10.6. The summed E-state index contributed by atoms with van der Waals surface area (Å²) in [5.74, 6) is 1.14. The average Bonchev–Trinajstić information content (AvgIpc) is 2.53. The third kappa shape index (κ3) is 4.82. The molecule has 1 aliphatic heterocycles. The van der Waals surface area contributed by atoms with Crippen LogP contribution >= 0.6 is 0 Å². The SMILES string of the molecule is CCCOc1ccc(C)cc1C(O)CCN1CCC(=O)CC1. The maximum absolute atomic E-state index is 11.3. The summed E-state index contributed by atoms with van der Waals surface area (Å²) in [6, 6.07) is 5.97. The summed E-state index contributed by atoms with van der Waals surface area (Å²) in [4.78, 5) is 13.5. The summed E-state index contributed by atoms with van der Waals surface area (Å²) in [5, 5.41) is 10.5. The molecule has 1 aromatic carbocycles. The first kappa shape index (κ1) is 17.0. The molecule has 0 amide bonds. The second-order valence-corrected chi connectivity index (χ2v) is 6.07. The molecule has 0 spiro atoms. The van der Waals surface area contributed by atoms with Crippen molar-refractivity contribution in [1.29, 1.82) is 0 Å². The lowest BCUT2D eigenvalue weighted by atomic mass is 10.0. The highest BCUT2D eigenvalue weighted by atomic mass is 16.5. The third-order valence-electron chi connectivity index (χ3n) is 4.12. The normalized spacial score (nSPS) is 17.5. The lowest BCUT2D eigenvalue weighted by molar-refractivity contribution is -0.121. The second kappa shape index (κ2) is 8.30. The number of aliphatic hydroxyl groups excluding tert-OH is 1. The largest absolute Gasteiger partial charge is 0.493 e. The maximum Gasteiger partial charge on any atom is 0.135 e. The molecule has 0 aromatic heterocycles. The van der Waals surface area contributed by atoms with Crippen LogP contribution in [0, 0.1) is 6.92 Å². The molecule has 1 atom stereocenters. The smallest absolute Gasteiger partial charge is 0.135 e. The molecule has 0 bridgehead atoms. The van der Waals surface area contributed by atoms with Crippen LogP contribution in [0.15, 0.2) is 18.2 Å². The molecule has 4 nitrogen and oxygen atoms in total. The van der Waals surface area contributed by atoms with Crippen LogP contribution in [0.25, 0.3) is 0 Å². The Morgan fingerprint density at radius 2 is 2.05 bits per heavy atom. The lowest BCUT2D eigenvalue weighted by Gasteiger charge is -2.27. The van der Waals surface area contributed by atoms with E-state index in [2.05, 4.69) is 11.8 Å². The zero-order chi connectivity index (χ0) is 15.9. The van der Waals surface area contributed by atoms with E-state index in [-0.39, 0.29) is 0 Å². The summed E-state index contributed by atoms with van der Waals surface area (Å²) >= 11 is 0. The van der Waals surface area contributed by atoms with E-state index in [1.54, 1.807) is 0 Å². The first-order valence-electron chi connectivity index (χ1n) is 8.25. The van der Waals surface area contributed by atoms with Gasteiger partial charge in [-0.3, -0.25) is 4.79 Å². The Bertz CT molecular complexity index is 491. The van der Waals surface area contributed by atoms with Crippen LogP contribution < -0.4 is 4.74 Å². The number of benzene rings is 1. The van der Waals surface area contributed by atoms with E-state index in [1.165, 1.54) is 0 Å². The van der Waals surface area contributed by atoms with Crippen LogP contribution in [0.3, 0.4) is 0 Å². The van der Waals surface area contributed by atoms with Gasteiger partial charge in [0.15, 0.2) is 0 Å². The molecule has 4 heteroatoms. The number of likely N-dealkylation sites (tertiary alicyclic amines) is 1. The van der Waals surface area contributed by atoms with Crippen LogP contribution in [0.4, 0.5) is 0 Å². The van der Waals surface area contributed by atoms with Crippen LogP contribution in [0.5, 0.6) is 5.75 Å². The maximum atomic E-state index is 11.3. The molecule has 0 radical (unpaired) electrons. The zero-order valence-electron chi connectivity index (χ0n) is 13.7. The van der Waals surface area contributed by atoms with Gasteiger partial charge in [0.1, 0.15) is 11.5 Å². The summed E-state index contributed by atoms with van der Waals surface area (Å²) < 4.78 is 5.75. The first-order valence-corrected chi connectivity index (χ1v) is 8.25. The van der Waals surface area contributed by atoms with Crippen molar-refractivity contribution in [3.63, 3.8) is 0 Å². The molecule has 1 saturated heterocycles. The summed E-state index contributed by atoms with van der Waals surface area (Å²) in [7, 11) is 0. The Labute approximate surface area is 133 Å². The molecular formula is C18H27NO3. The highest BCUT2D eigenvalue weighted by Crippen LogP contribution is 2.29. The van der Waals surface area contributed by atoms with Crippen LogP contribution in [0.2, 0.25) is 0 Å². The predicted octanol–water partition coefficient (Wildman–Crippen LogP) is 2.87. The fourth-order valence-electron chi connectivity index (χ4n) is 2.76. The quantitative estimate of drug-likeness (QED) is 0.841. The van der Waals surface area contributed by atoms with Crippen molar-refractivity contribution in [2.75, 3.05) is 26.2 Å². The van der Waals surface area contributed by atoms with E-state index in [0.717, 1.165) is 42.9 Å². The number of aliphatic hydroxyl groups is 1. The summed E-state index contributed by atoms with van der Waals surface area (Å²) in [6.07, 6.45) is 2.38. The van der Waals surface area contributed by atoms with Crippen LogP contribution in [-0.2, 0) is 4.79 Å². The minimum Gasteiger partial charge on any atom is -0.493 e. The molecule has 1 fully saturated rings. The van der Waals surface area contributed by atoms with E-state index in [1.807, 2.05) is 25.1 Å². The molecule has 0 saturated carbocycles. The number of aryl methyl sites for hydroxylation is 1. The predicted molar refractivity (Wildman–Crippen MR) is 87.2 cm³/mol. The van der Waals surface area contributed by atoms with Gasteiger partial charge in [-0.05, 0) is 31.9 Å². The van der Waals surface area contributed by atoms with Crippen LogP contribution in [0.1, 0.15) is 49.8 Å². The average molecular weight is 305 g/mol. The third-order valence-corrected chi connectivity index (χ3v) is 4.12. The molecule has 1 unspecified atom stereocenters. The molecule has 1 heterocycles. The minimum absolute atomic E-state index is 0.353. The Kier molecular flexibility index (Phi) is 6.40. The monoisotopic (exact) mass is 305 g/mol. The lowest BCUT2D eigenvalue weighted by Crippen LogP contribution is -2.35. The number of Topliss-reactive ketones (excluding diaryl/α,β-unsaturated/α-hetero) is 1. The number of hydrogen-bond donors (Lipinski definition) is 1. The van der Waals surface area contributed by atoms with Crippen molar-refractivity contribution < 1.29 is 14.6 Å². The van der Waals surface area contributed by atoms with E-state index >= 15 is 0 Å². The minimum atomic E-state index is -0.524. The zero-order valence-corrected chi connectivity index (χ0v) is 13.7. The van der Waals surface area contributed by atoms with Gasteiger partial charge in [0.05, 0.1) is 12.7 Å². The standard InChI is InChI=1S/C18H27NO3/c1-3-12-22-18-5-4-14(2)13-16(18)17(21)8-11-19-9-6-15(20)7-10-19/h4-5,13,17,21H,3,6-12H2,1-2H3. The number of rotatable bonds is 7. The number of carbonyl (C=O) groups excluding carboxylic acids is 1. The van der Waals surface area contributed by atoms with Crippen molar-refractivity contribution in [3.05, 3.63) is 29.3 Å². The number of ketones is 1. The second-order valence-electron chi connectivity index (χ2n) is 6.07. The number of ether oxygens (including phenoxy) is 1. The van der Waals surface area contributed by atoms with Crippen molar-refractivity contribution in [1.82, 2.24) is 4.90 Å². The van der Waals surface area contributed by atoms with Gasteiger partial charge in [-0.1, -0.05) is 18.6 Å². The number of carbonyl (C=O) groups is 1. The van der Waals surface area contributed by atoms with Crippen molar-refractivity contribution in [3.8, 4) is 5.75 Å². The summed E-state index contributed by atoms with van der Waals surface area (Å²) in [6.45, 7) is 7.21. The Morgan fingerprint density at radius 3 is 2.73 bits per heavy atom. The molecular weight excluding hydrogens is 278 g/mol. The van der Waals surface area contributed by atoms with Crippen molar-refractivity contribution in [2.45, 2.75) is 45.6 Å². The van der Waals surface area contributed by atoms with Crippen molar-refractivity contribution >= 4 is 5.78 Å².